The van der Waals surface area contributed by atoms with Crippen molar-refractivity contribution in [3.63, 3.8) is 0 Å². The summed E-state index contributed by atoms with van der Waals surface area (Å²) in [5, 5.41) is 3.14. The molecular weight excluding hydrogens is 350 g/mol. The van der Waals surface area contributed by atoms with Crippen molar-refractivity contribution in [3.05, 3.63) is 34.9 Å². The average Bonchev–Trinajstić information content (AvgIpc) is 2.60. The molecule has 1 aliphatic heterocycles. The molecule has 0 bridgehead atoms. The van der Waals surface area contributed by atoms with Crippen molar-refractivity contribution in [3.8, 4) is 0 Å². The van der Waals surface area contributed by atoms with Crippen LogP contribution >= 0.6 is 0 Å². The number of nitrogens with zero attached hydrogens (tertiary/aromatic N) is 2. The highest BCUT2D eigenvalue weighted by Gasteiger charge is 2.34. The van der Waals surface area contributed by atoms with Crippen molar-refractivity contribution >= 4 is 16.1 Å². The molecule has 0 unspecified atom stereocenters. The van der Waals surface area contributed by atoms with Crippen molar-refractivity contribution in [2.24, 2.45) is 5.92 Å². The molecule has 0 spiro atoms. The zero-order valence-electron chi connectivity index (χ0n) is 16.4. The van der Waals surface area contributed by atoms with Crippen molar-refractivity contribution in [2.75, 3.05) is 27.2 Å². The molecule has 146 valence electrons. The molecule has 1 aromatic rings. The Bertz CT molecular complexity index is 746. The molecule has 1 aromatic carbocycles. The molecule has 26 heavy (non-hydrogen) atoms. The maximum absolute atomic E-state index is 12.8. The molecule has 1 saturated heterocycles. The SMILES string of the molecule is CC[C@@H](NC(=O)[C@H]1CCCN(S(=O)(=O)N(C)C)C1)c1ccc(C)cc1C. The Morgan fingerprint density at radius 2 is 2.04 bits per heavy atom. The van der Waals surface area contributed by atoms with Crippen molar-refractivity contribution in [1.82, 2.24) is 13.9 Å². The molecule has 0 aliphatic carbocycles. The van der Waals surface area contributed by atoms with Gasteiger partial charge in [0.1, 0.15) is 0 Å². The summed E-state index contributed by atoms with van der Waals surface area (Å²) in [5.74, 6) is -0.367. The topological polar surface area (TPSA) is 69.7 Å². The molecular formula is C19H31N3O3S. The van der Waals surface area contributed by atoms with E-state index in [2.05, 4.69) is 37.4 Å². The number of amides is 1. The molecule has 1 amide bonds. The van der Waals surface area contributed by atoms with Gasteiger partial charge in [-0.3, -0.25) is 4.79 Å². The van der Waals surface area contributed by atoms with E-state index in [0.717, 1.165) is 17.5 Å². The summed E-state index contributed by atoms with van der Waals surface area (Å²) >= 11 is 0. The Balaban J connectivity index is 2.10. The number of aryl methyl sites for hydroxylation is 2. The number of carbonyl (C=O) groups excluding carboxylic acids is 1. The number of nitrogens with one attached hydrogen (secondary N) is 1. The molecule has 1 fully saturated rings. The van der Waals surface area contributed by atoms with E-state index in [0.29, 0.717) is 19.4 Å². The van der Waals surface area contributed by atoms with Crippen LogP contribution in [0.3, 0.4) is 0 Å². The maximum atomic E-state index is 12.8. The van der Waals surface area contributed by atoms with Gasteiger partial charge in [0.2, 0.25) is 5.91 Å². The lowest BCUT2D eigenvalue weighted by Crippen LogP contribution is -2.49. The van der Waals surface area contributed by atoms with Gasteiger partial charge in [0.15, 0.2) is 0 Å². The second-order valence-corrected chi connectivity index (χ2v) is 9.46. The van der Waals surface area contributed by atoms with Crippen LogP contribution in [0, 0.1) is 19.8 Å². The van der Waals surface area contributed by atoms with Gasteiger partial charge in [-0.2, -0.15) is 17.0 Å². The van der Waals surface area contributed by atoms with Gasteiger partial charge in [0, 0.05) is 27.2 Å². The van der Waals surface area contributed by atoms with Crippen molar-refractivity contribution in [1.29, 1.82) is 0 Å². The van der Waals surface area contributed by atoms with Gasteiger partial charge in [-0.15, -0.1) is 0 Å². The van der Waals surface area contributed by atoms with Crippen LogP contribution in [0.5, 0.6) is 0 Å². The summed E-state index contributed by atoms with van der Waals surface area (Å²) in [6.45, 7) is 6.88. The van der Waals surface area contributed by atoms with Crippen LogP contribution < -0.4 is 5.32 Å². The first-order valence-corrected chi connectivity index (χ1v) is 10.6. The fraction of sp³-hybridized carbons (Fsp3) is 0.632. The lowest BCUT2D eigenvalue weighted by molar-refractivity contribution is -0.126. The third-order valence-corrected chi connectivity index (χ3v) is 6.98. The molecule has 1 N–H and O–H groups in total. The maximum Gasteiger partial charge on any atom is 0.281 e. The third kappa shape index (κ3) is 4.64. The fourth-order valence-electron chi connectivity index (χ4n) is 3.50. The zero-order chi connectivity index (χ0) is 19.5. The molecule has 1 aliphatic rings. The monoisotopic (exact) mass is 381 g/mol. The summed E-state index contributed by atoms with van der Waals surface area (Å²) < 4.78 is 27.3. The van der Waals surface area contributed by atoms with Crippen LogP contribution in [0.15, 0.2) is 18.2 Å². The average molecular weight is 382 g/mol. The van der Waals surface area contributed by atoms with Gasteiger partial charge < -0.3 is 5.32 Å². The zero-order valence-corrected chi connectivity index (χ0v) is 17.3. The van der Waals surface area contributed by atoms with Crippen LogP contribution in [-0.4, -0.2) is 50.1 Å². The van der Waals surface area contributed by atoms with Crippen LogP contribution in [0.4, 0.5) is 0 Å². The molecule has 0 radical (unpaired) electrons. The van der Waals surface area contributed by atoms with Crippen LogP contribution in [0.1, 0.15) is 48.9 Å². The summed E-state index contributed by atoms with van der Waals surface area (Å²) in [5.41, 5.74) is 3.49. The normalized spacial score (nSPS) is 20.2. The second-order valence-electron chi connectivity index (χ2n) is 7.32. The minimum Gasteiger partial charge on any atom is -0.349 e. The van der Waals surface area contributed by atoms with Gasteiger partial charge in [-0.25, -0.2) is 0 Å². The lowest BCUT2D eigenvalue weighted by atomic mass is 9.95. The van der Waals surface area contributed by atoms with E-state index in [4.69, 9.17) is 0 Å². The highest BCUT2D eigenvalue weighted by atomic mass is 32.2. The number of rotatable bonds is 6. The minimum absolute atomic E-state index is 0.0519. The van der Waals surface area contributed by atoms with Crippen molar-refractivity contribution < 1.29 is 13.2 Å². The summed E-state index contributed by atoms with van der Waals surface area (Å²) in [6, 6.07) is 6.20. The summed E-state index contributed by atoms with van der Waals surface area (Å²) in [4.78, 5) is 12.8. The molecule has 1 heterocycles. The van der Waals surface area contributed by atoms with E-state index >= 15 is 0 Å². The standard InChI is InChI=1S/C19H31N3O3S/c1-6-18(17-10-9-14(2)12-15(17)3)20-19(23)16-8-7-11-22(13-16)26(24,25)21(4)5/h9-10,12,16,18H,6-8,11,13H2,1-5H3,(H,20,23)/t16-,18+/m0/s1. The quantitative estimate of drug-likeness (QED) is 0.823. The van der Waals surface area contributed by atoms with Gasteiger partial charge in [-0.05, 0) is 44.2 Å². The van der Waals surface area contributed by atoms with Gasteiger partial charge in [-0.1, -0.05) is 30.7 Å². The van der Waals surface area contributed by atoms with Crippen LogP contribution in [0.25, 0.3) is 0 Å². The Hall–Kier alpha value is -1.44. The van der Waals surface area contributed by atoms with E-state index in [9.17, 15) is 13.2 Å². The first kappa shape index (κ1) is 20.9. The Morgan fingerprint density at radius 1 is 1.35 bits per heavy atom. The number of hydrogen-bond donors (Lipinski definition) is 1. The van der Waals surface area contributed by atoms with E-state index in [-0.39, 0.29) is 24.4 Å². The van der Waals surface area contributed by atoms with Gasteiger partial charge in [0.05, 0.1) is 12.0 Å². The smallest absolute Gasteiger partial charge is 0.281 e. The third-order valence-electron chi connectivity index (χ3n) is 5.07. The Kier molecular flexibility index (Phi) is 6.82. The second kappa shape index (κ2) is 8.50. The van der Waals surface area contributed by atoms with Crippen LogP contribution in [-0.2, 0) is 15.0 Å². The molecule has 0 aromatic heterocycles. The highest BCUT2D eigenvalue weighted by Crippen LogP contribution is 2.25. The number of hydrogen-bond acceptors (Lipinski definition) is 3. The van der Waals surface area contributed by atoms with Gasteiger partial charge in [0.25, 0.3) is 10.2 Å². The predicted octanol–water partition coefficient (Wildman–Crippen LogP) is 2.39. The number of benzene rings is 1. The number of piperidine rings is 1. The largest absolute Gasteiger partial charge is 0.349 e. The van der Waals surface area contributed by atoms with Crippen molar-refractivity contribution in [2.45, 2.75) is 46.1 Å². The first-order valence-electron chi connectivity index (χ1n) is 9.22. The van der Waals surface area contributed by atoms with E-state index < -0.39 is 10.2 Å². The minimum atomic E-state index is -3.48. The Labute approximate surface area is 157 Å². The van der Waals surface area contributed by atoms with E-state index in [1.807, 2.05) is 6.92 Å². The highest BCUT2D eigenvalue weighted by molar-refractivity contribution is 7.86. The Morgan fingerprint density at radius 3 is 2.62 bits per heavy atom. The summed E-state index contributed by atoms with van der Waals surface area (Å²) in [6.07, 6.45) is 2.21. The van der Waals surface area contributed by atoms with E-state index in [1.54, 1.807) is 0 Å². The summed E-state index contributed by atoms with van der Waals surface area (Å²) in [7, 11) is -0.437. The molecule has 0 saturated carbocycles. The fourth-order valence-corrected chi connectivity index (χ4v) is 4.69. The predicted molar refractivity (Wildman–Crippen MR) is 104 cm³/mol. The lowest BCUT2D eigenvalue weighted by Gasteiger charge is -2.33. The first-order chi connectivity index (χ1) is 12.2. The van der Waals surface area contributed by atoms with Gasteiger partial charge >= 0.3 is 0 Å². The molecule has 7 heteroatoms. The van der Waals surface area contributed by atoms with E-state index in [1.165, 1.54) is 28.3 Å². The molecule has 2 atom stereocenters. The molecule has 2 rings (SSSR count). The number of carbonyl (C=O) groups is 1. The van der Waals surface area contributed by atoms with Crippen LogP contribution in [0.2, 0.25) is 0 Å². The molecule has 6 nitrogen and oxygen atoms in total.